The maximum absolute atomic E-state index is 8.51. The normalized spacial score (nSPS) is 9.21. The Hall–Kier alpha value is -4.30. The quantitative estimate of drug-likeness (QED) is 0.178. The van der Waals surface area contributed by atoms with Crippen LogP contribution in [-0.4, -0.2) is 9.97 Å². The van der Waals surface area contributed by atoms with Crippen molar-refractivity contribution in [1.29, 1.82) is 10.5 Å². The molecule has 0 aliphatic carbocycles. The smallest absolute Gasteiger partial charge is 0.0970 e. The number of rotatable bonds is 2. The summed E-state index contributed by atoms with van der Waals surface area (Å²) >= 11 is -2.08. The van der Waals surface area contributed by atoms with Crippen molar-refractivity contribution >= 4 is 21.8 Å². The first-order chi connectivity index (χ1) is 16.3. The summed E-state index contributed by atoms with van der Waals surface area (Å²) in [6.45, 7) is 9.50. The van der Waals surface area contributed by atoms with E-state index in [-0.39, 0.29) is 0 Å². The number of aromatic nitrogens is 2. The zero-order valence-corrected chi connectivity index (χ0v) is 19.7. The van der Waals surface area contributed by atoms with Crippen LogP contribution in [0.2, 0.25) is 0 Å². The summed E-state index contributed by atoms with van der Waals surface area (Å²) in [5.74, 6) is 0. The van der Waals surface area contributed by atoms with Crippen LogP contribution < -0.4 is 0 Å². The Morgan fingerprint density at radius 1 is 0.545 bits per heavy atom. The first-order valence-electron chi connectivity index (χ1n) is 9.43. The molecule has 0 fully saturated rings. The van der Waals surface area contributed by atoms with E-state index >= 15 is 0 Å². The standard InChI is InChI=1S/C24H16N2.2CN.2O.Os/c1-3-7-17(8-4-1)19-13-15-25-23-21(19)11-12-22-20(14-16-26-24(22)23)18-9-5-2-6-10-18;2*1-2;;;/h1-16H;;;;;/q;2*-1;;;+2. The molecule has 0 aliphatic rings. The van der Waals surface area contributed by atoms with Gasteiger partial charge >= 0.3 is 24.4 Å². The van der Waals surface area contributed by atoms with E-state index in [4.69, 9.17) is 30.7 Å². The van der Waals surface area contributed by atoms with Crippen molar-refractivity contribution in [3.8, 4) is 22.3 Å². The van der Waals surface area contributed by atoms with Gasteiger partial charge in [0.1, 0.15) is 0 Å². The van der Waals surface area contributed by atoms with Crippen molar-refractivity contribution in [1.82, 2.24) is 9.97 Å². The molecule has 3 aromatic carbocycles. The molecule has 0 amide bonds. The maximum atomic E-state index is 8.51. The summed E-state index contributed by atoms with van der Waals surface area (Å²) in [5.41, 5.74) is 6.65. The SMILES string of the molecule is [C-]#N.[C-]#N.[O]=[Os+2]=[O].c1ccc(-c2ccnc3c2ccc2c(-c4ccccc4)ccnc23)cc1. The fraction of sp³-hybridized carbons (Fsp3) is 0. The molecule has 160 valence electrons. The predicted molar refractivity (Wildman–Crippen MR) is 119 cm³/mol. The van der Waals surface area contributed by atoms with Crippen LogP contribution in [0.4, 0.5) is 0 Å². The minimum atomic E-state index is -2.08. The first-order valence-corrected chi connectivity index (χ1v) is 11.5. The minimum absolute atomic E-state index is 0.946. The zero-order valence-electron chi connectivity index (χ0n) is 17.2. The van der Waals surface area contributed by atoms with Crippen molar-refractivity contribution < 1.29 is 24.4 Å². The number of hydrogen-bond acceptors (Lipinski definition) is 6. The van der Waals surface area contributed by atoms with Gasteiger partial charge in [0.25, 0.3) is 0 Å². The van der Waals surface area contributed by atoms with Crippen LogP contribution in [0.25, 0.3) is 44.1 Å². The molecule has 5 aromatic rings. The van der Waals surface area contributed by atoms with Crippen molar-refractivity contribution in [3.05, 3.63) is 110 Å². The molecule has 0 unspecified atom stereocenters. The molecule has 0 N–H and O–H groups in total. The van der Waals surface area contributed by atoms with E-state index in [9.17, 15) is 0 Å². The van der Waals surface area contributed by atoms with Gasteiger partial charge in [-0.05, 0) is 34.4 Å². The van der Waals surface area contributed by atoms with Gasteiger partial charge in [-0.25, -0.2) is 0 Å². The van der Waals surface area contributed by atoms with E-state index in [0.29, 0.717) is 0 Å². The van der Waals surface area contributed by atoms with Crippen LogP contribution in [0.1, 0.15) is 0 Å². The second-order valence-electron chi connectivity index (χ2n) is 6.37. The Morgan fingerprint density at radius 3 is 1.21 bits per heavy atom. The molecule has 0 atom stereocenters. The molecule has 0 saturated carbocycles. The van der Waals surface area contributed by atoms with Crippen molar-refractivity contribution in [2.75, 3.05) is 0 Å². The van der Waals surface area contributed by atoms with Gasteiger partial charge in [0.05, 0.1) is 11.0 Å². The van der Waals surface area contributed by atoms with Crippen molar-refractivity contribution in [2.45, 2.75) is 0 Å². The molecule has 0 bridgehead atoms. The fourth-order valence-electron chi connectivity index (χ4n) is 3.57. The number of benzene rings is 3. The number of fused-ring (bicyclic) bond motifs is 3. The fourth-order valence-corrected chi connectivity index (χ4v) is 3.57. The van der Waals surface area contributed by atoms with E-state index in [1.807, 2.05) is 24.5 Å². The van der Waals surface area contributed by atoms with Crippen LogP contribution in [0.5, 0.6) is 0 Å². The number of pyridine rings is 2. The van der Waals surface area contributed by atoms with Gasteiger partial charge in [-0.2, -0.15) is 0 Å². The van der Waals surface area contributed by atoms with Crippen LogP contribution in [0.3, 0.4) is 0 Å². The van der Waals surface area contributed by atoms with Crippen LogP contribution in [0, 0.1) is 23.7 Å². The summed E-state index contributed by atoms with van der Waals surface area (Å²) in [7, 11) is 0. The Balaban J connectivity index is 0.000000501. The van der Waals surface area contributed by atoms with Gasteiger partial charge < -0.3 is 23.7 Å². The maximum Gasteiger partial charge on any atom is 0.0970 e. The Bertz CT molecular complexity index is 1310. The molecule has 0 aliphatic heterocycles. The molecule has 0 radical (unpaired) electrons. The monoisotopic (exact) mass is 608 g/mol. The minimum Gasteiger partial charge on any atom is -0.254 e. The molecule has 0 saturated heterocycles. The predicted octanol–water partition coefficient (Wildman–Crippen LogP) is 6.07. The summed E-state index contributed by atoms with van der Waals surface area (Å²) in [6, 6.07) is 29.3. The zero-order chi connectivity index (χ0) is 24.1. The summed E-state index contributed by atoms with van der Waals surface area (Å²) < 4.78 is 17.0. The van der Waals surface area contributed by atoms with Crippen LogP contribution in [0.15, 0.2) is 97.3 Å². The Morgan fingerprint density at radius 2 is 0.879 bits per heavy atom. The van der Waals surface area contributed by atoms with E-state index in [1.165, 1.54) is 22.3 Å². The molecule has 2 heterocycles. The Kier molecular flexibility index (Phi) is 9.97. The van der Waals surface area contributed by atoms with Gasteiger partial charge in [-0.15, -0.1) is 0 Å². The third-order valence-corrected chi connectivity index (χ3v) is 4.79. The van der Waals surface area contributed by atoms with Crippen LogP contribution in [-0.2, 0) is 24.4 Å². The van der Waals surface area contributed by atoms with Gasteiger partial charge in [-0.3, -0.25) is 9.97 Å². The summed E-state index contributed by atoms with van der Waals surface area (Å²) in [4.78, 5) is 9.34. The topological polar surface area (TPSA) is 108 Å². The third-order valence-electron chi connectivity index (χ3n) is 4.79. The van der Waals surface area contributed by atoms with Gasteiger partial charge in [-0.1, -0.05) is 72.8 Å². The van der Waals surface area contributed by atoms with Gasteiger partial charge in [0.2, 0.25) is 0 Å². The average molecular weight is 607 g/mol. The molecular formula is C26H16N4O2Os. The van der Waals surface area contributed by atoms with E-state index in [2.05, 4.69) is 82.8 Å². The Labute approximate surface area is 199 Å². The number of nitrogens with zero attached hydrogens (tertiary/aromatic N) is 4. The second kappa shape index (κ2) is 13.2. The number of hydrogen-bond donors (Lipinski definition) is 0. The second-order valence-corrected chi connectivity index (χ2v) is 6.79. The largest absolute Gasteiger partial charge is 0.254 e. The molecule has 33 heavy (non-hydrogen) atoms. The van der Waals surface area contributed by atoms with E-state index < -0.39 is 17.3 Å². The summed E-state index contributed by atoms with van der Waals surface area (Å²) in [5, 5.41) is 14.8. The molecular weight excluding hydrogens is 591 g/mol. The van der Waals surface area contributed by atoms with E-state index in [0.717, 1.165) is 21.8 Å². The molecule has 0 spiro atoms. The van der Waals surface area contributed by atoms with E-state index in [1.54, 1.807) is 0 Å². The summed E-state index contributed by atoms with van der Waals surface area (Å²) in [6.07, 6.45) is 3.75. The molecule has 7 heteroatoms. The van der Waals surface area contributed by atoms with Crippen molar-refractivity contribution in [3.63, 3.8) is 0 Å². The van der Waals surface area contributed by atoms with Gasteiger partial charge in [0, 0.05) is 23.2 Å². The van der Waals surface area contributed by atoms with Crippen LogP contribution >= 0.6 is 0 Å². The average Bonchev–Trinajstić information content (AvgIpc) is 2.91. The molecule has 2 aromatic heterocycles. The molecule has 5 rings (SSSR count). The third kappa shape index (κ3) is 5.69. The van der Waals surface area contributed by atoms with Gasteiger partial charge in [0.15, 0.2) is 0 Å². The molecule has 6 nitrogen and oxygen atoms in total. The van der Waals surface area contributed by atoms with Crippen molar-refractivity contribution in [2.24, 2.45) is 0 Å². The first kappa shape index (κ1) is 25.0.